The summed E-state index contributed by atoms with van der Waals surface area (Å²) in [5, 5.41) is 2.98. The molecule has 26 heavy (non-hydrogen) atoms. The molecule has 1 atom stereocenters. The molecule has 0 saturated carbocycles. The Balaban J connectivity index is 1.85. The Morgan fingerprint density at radius 3 is 2.27 bits per heavy atom. The Hall–Kier alpha value is -2.62. The van der Waals surface area contributed by atoms with Gasteiger partial charge >= 0.3 is 5.97 Å². The Morgan fingerprint density at radius 1 is 1.00 bits per heavy atom. The van der Waals surface area contributed by atoms with E-state index in [2.05, 4.69) is 19.2 Å². The lowest BCUT2D eigenvalue weighted by Gasteiger charge is -2.21. The van der Waals surface area contributed by atoms with Crippen molar-refractivity contribution in [2.75, 3.05) is 6.61 Å². The Bertz CT molecular complexity index is 708. The molecule has 138 valence electrons. The first kappa shape index (κ1) is 19.7. The molecular weight excluding hydrogens is 326 g/mol. The fraction of sp³-hybridized carbons (Fsp3) is 0.364. The van der Waals surface area contributed by atoms with Crippen molar-refractivity contribution in [3.63, 3.8) is 0 Å². The number of amides is 1. The van der Waals surface area contributed by atoms with E-state index in [0.717, 1.165) is 23.1 Å². The molecule has 0 radical (unpaired) electrons. The largest absolute Gasteiger partial charge is 0.455 e. The third kappa shape index (κ3) is 6.71. The summed E-state index contributed by atoms with van der Waals surface area (Å²) >= 11 is 0. The van der Waals surface area contributed by atoms with E-state index in [9.17, 15) is 9.59 Å². The van der Waals surface area contributed by atoms with Crippen LogP contribution < -0.4 is 5.32 Å². The third-order valence-electron chi connectivity index (χ3n) is 4.08. The molecule has 1 N–H and O–H groups in total. The fourth-order valence-corrected chi connectivity index (χ4v) is 2.74. The van der Waals surface area contributed by atoms with Gasteiger partial charge in [-0.3, -0.25) is 9.59 Å². The first-order valence-electron chi connectivity index (χ1n) is 8.99. The molecule has 4 nitrogen and oxygen atoms in total. The van der Waals surface area contributed by atoms with Crippen molar-refractivity contribution in [2.45, 2.75) is 39.7 Å². The normalized spacial score (nSPS) is 11.8. The van der Waals surface area contributed by atoms with Gasteiger partial charge in [0.05, 0.1) is 12.5 Å². The maximum Gasteiger partial charge on any atom is 0.310 e. The summed E-state index contributed by atoms with van der Waals surface area (Å²) in [4.78, 5) is 24.2. The smallest absolute Gasteiger partial charge is 0.310 e. The van der Waals surface area contributed by atoms with Crippen LogP contribution in [0.4, 0.5) is 0 Å². The van der Waals surface area contributed by atoms with Crippen molar-refractivity contribution in [1.82, 2.24) is 5.32 Å². The molecule has 0 aliphatic rings. The molecule has 0 bridgehead atoms. The summed E-state index contributed by atoms with van der Waals surface area (Å²) in [6.07, 6.45) is 0.995. The number of aryl methyl sites for hydroxylation is 1. The van der Waals surface area contributed by atoms with Crippen LogP contribution in [0.2, 0.25) is 0 Å². The average Bonchev–Trinajstić information content (AvgIpc) is 2.62. The Morgan fingerprint density at radius 2 is 1.65 bits per heavy atom. The minimum absolute atomic E-state index is 0.0838. The van der Waals surface area contributed by atoms with Crippen LogP contribution in [0.1, 0.15) is 43.0 Å². The number of nitrogens with one attached hydrogen (secondary N) is 1. The number of carbonyl (C=O) groups is 2. The van der Waals surface area contributed by atoms with Crippen LogP contribution in [0.25, 0.3) is 0 Å². The van der Waals surface area contributed by atoms with E-state index in [-0.39, 0.29) is 25.0 Å². The summed E-state index contributed by atoms with van der Waals surface area (Å²) in [6, 6.07) is 17.5. The summed E-state index contributed by atoms with van der Waals surface area (Å²) in [5.74, 6) is -0.245. The van der Waals surface area contributed by atoms with Gasteiger partial charge in [0, 0.05) is 0 Å². The quantitative estimate of drug-likeness (QED) is 0.730. The fourth-order valence-electron chi connectivity index (χ4n) is 2.74. The molecule has 2 aromatic carbocycles. The highest BCUT2D eigenvalue weighted by Gasteiger charge is 2.17. The summed E-state index contributed by atoms with van der Waals surface area (Å²) in [5.41, 5.74) is 3.07. The van der Waals surface area contributed by atoms with E-state index >= 15 is 0 Å². The zero-order chi connectivity index (χ0) is 18.9. The molecular formula is C22H27NO3. The van der Waals surface area contributed by atoms with Crippen LogP contribution in [-0.4, -0.2) is 18.5 Å². The SMILES string of the molecule is Cc1ccc(CC(=O)OCC(=O)N[C@H](CC(C)C)c2ccccc2)cc1. The number of carbonyl (C=O) groups excluding carboxylic acids is 2. The van der Waals surface area contributed by atoms with Crippen LogP contribution in [-0.2, 0) is 20.7 Å². The van der Waals surface area contributed by atoms with Crippen LogP contribution in [0.5, 0.6) is 0 Å². The first-order chi connectivity index (χ1) is 12.4. The molecule has 0 aromatic heterocycles. The van der Waals surface area contributed by atoms with Crippen LogP contribution in [0, 0.1) is 12.8 Å². The average molecular weight is 353 g/mol. The predicted molar refractivity (Wildman–Crippen MR) is 103 cm³/mol. The summed E-state index contributed by atoms with van der Waals surface area (Å²) in [6.45, 7) is 5.96. The first-order valence-corrected chi connectivity index (χ1v) is 8.99. The standard InChI is InChI=1S/C22H27NO3/c1-16(2)13-20(19-7-5-4-6-8-19)23-21(24)15-26-22(25)14-18-11-9-17(3)10-12-18/h4-12,16,20H,13-15H2,1-3H3,(H,23,24)/t20-/m1/s1. The second-order valence-electron chi connectivity index (χ2n) is 6.98. The van der Waals surface area contributed by atoms with Crippen LogP contribution >= 0.6 is 0 Å². The molecule has 1 amide bonds. The molecule has 0 heterocycles. The molecule has 0 aliphatic carbocycles. The van der Waals surface area contributed by atoms with Gasteiger partial charge in [0.1, 0.15) is 0 Å². The van der Waals surface area contributed by atoms with Gasteiger partial charge in [0.15, 0.2) is 6.61 Å². The molecule has 2 rings (SSSR count). The topological polar surface area (TPSA) is 55.4 Å². The molecule has 2 aromatic rings. The molecule has 0 saturated heterocycles. The lowest BCUT2D eigenvalue weighted by Crippen LogP contribution is -2.33. The monoisotopic (exact) mass is 353 g/mol. The van der Waals surface area contributed by atoms with Crippen molar-refractivity contribution in [1.29, 1.82) is 0 Å². The number of hydrogen-bond acceptors (Lipinski definition) is 3. The van der Waals surface area contributed by atoms with Gasteiger partial charge in [-0.25, -0.2) is 0 Å². The molecule has 0 aliphatic heterocycles. The minimum atomic E-state index is -0.399. The minimum Gasteiger partial charge on any atom is -0.455 e. The van der Waals surface area contributed by atoms with Crippen LogP contribution in [0.3, 0.4) is 0 Å². The number of benzene rings is 2. The highest BCUT2D eigenvalue weighted by Crippen LogP contribution is 2.20. The van der Waals surface area contributed by atoms with E-state index in [0.29, 0.717) is 5.92 Å². The summed E-state index contributed by atoms with van der Waals surface area (Å²) < 4.78 is 5.13. The van der Waals surface area contributed by atoms with E-state index in [1.54, 1.807) is 0 Å². The zero-order valence-electron chi connectivity index (χ0n) is 15.7. The number of rotatable bonds is 8. The Kier molecular flexibility index (Phi) is 7.39. The second-order valence-corrected chi connectivity index (χ2v) is 6.98. The maximum absolute atomic E-state index is 12.2. The second kappa shape index (κ2) is 9.76. The Labute approximate surface area is 155 Å². The van der Waals surface area contributed by atoms with Gasteiger partial charge in [-0.2, -0.15) is 0 Å². The molecule has 4 heteroatoms. The highest BCUT2D eigenvalue weighted by atomic mass is 16.5. The lowest BCUT2D eigenvalue weighted by atomic mass is 9.97. The lowest BCUT2D eigenvalue weighted by molar-refractivity contribution is -0.148. The van der Waals surface area contributed by atoms with Gasteiger partial charge in [-0.05, 0) is 30.4 Å². The van der Waals surface area contributed by atoms with Gasteiger partial charge in [0.2, 0.25) is 0 Å². The van der Waals surface area contributed by atoms with E-state index in [1.165, 1.54) is 0 Å². The van der Waals surface area contributed by atoms with Crippen molar-refractivity contribution < 1.29 is 14.3 Å². The number of ether oxygens (including phenoxy) is 1. The predicted octanol–water partition coefficient (Wildman–Crippen LogP) is 3.98. The molecule has 0 unspecified atom stereocenters. The van der Waals surface area contributed by atoms with Crippen LogP contribution in [0.15, 0.2) is 54.6 Å². The summed E-state index contributed by atoms with van der Waals surface area (Å²) in [7, 11) is 0. The van der Waals surface area contributed by atoms with Gasteiger partial charge in [-0.1, -0.05) is 74.0 Å². The molecule has 0 fully saturated rings. The number of esters is 1. The van der Waals surface area contributed by atoms with Crippen molar-refractivity contribution >= 4 is 11.9 Å². The van der Waals surface area contributed by atoms with Crippen molar-refractivity contribution in [3.05, 3.63) is 71.3 Å². The van der Waals surface area contributed by atoms with Gasteiger partial charge in [-0.15, -0.1) is 0 Å². The van der Waals surface area contributed by atoms with E-state index < -0.39 is 5.97 Å². The highest BCUT2D eigenvalue weighted by molar-refractivity contribution is 5.81. The maximum atomic E-state index is 12.2. The van der Waals surface area contributed by atoms with E-state index in [1.807, 2.05) is 61.5 Å². The van der Waals surface area contributed by atoms with Crippen molar-refractivity contribution in [2.24, 2.45) is 5.92 Å². The van der Waals surface area contributed by atoms with Crippen molar-refractivity contribution in [3.8, 4) is 0 Å². The molecule has 0 spiro atoms. The zero-order valence-corrected chi connectivity index (χ0v) is 15.7. The number of hydrogen-bond donors (Lipinski definition) is 1. The van der Waals surface area contributed by atoms with E-state index in [4.69, 9.17) is 4.74 Å². The van der Waals surface area contributed by atoms with Gasteiger partial charge in [0.25, 0.3) is 5.91 Å². The van der Waals surface area contributed by atoms with Gasteiger partial charge < -0.3 is 10.1 Å². The third-order valence-corrected chi connectivity index (χ3v) is 4.08.